The fourth-order valence-corrected chi connectivity index (χ4v) is 2.76. The van der Waals surface area contributed by atoms with Gasteiger partial charge in [0.1, 0.15) is 11.5 Å². The van der Waals surface area contributed by atoms with Gasteiger partial charge in [-0.25, -0.2) is 0 Å². The van der Waals surface area contributed by atoms with Crippen LogP contribution in [0, 0.1) is 13.8 Å². The van der Waals surface area contributed by atoms with Crippen molar-refractivity contribution in [3.05, 3.63) is 53.6 Å². The number of hydrazine groups is 1. The summed E-state index contributed by atoms with van der Waals surface area (Å²) in [6.07, 6.45) is -0.901. The van der Waals surface area contributed by atoms with E-state index in [9.17, 15) is 14.4 Å². The van der Waals surface area contributed by atoms with Gasteiger partial charge in [-0.1, -0.05) is 18.2 Å². The van der Waals surface area contributed by atoms with Crippen LogP contribution in [0.2, 0.25) is 0 Å². The highest BCUT2D eigenvalue weighted by molar-refractivity contribution is 5.93. The summed E-state index contributed by atoms with van der Waals surface area (Å²) < 4.78 is 11.1. The molecule has 0 radical (unpaired) electrons. The third-order valence-electron chi connectivity index (χ3n) is 4.43. The Hall–Kier alpha value is -3.55. The molecule has 2 aromatic rings. The molecule has 1 unspecified atom stereocenters. The lowest BCUT2D eigenvalue weighted by molar-refractivity contribution is -0.133. The van der Waals surface area contributed by atoms with E-state index in [1.54, 1.807) is 31.2 Å². The molecule has 2 rings (SSSR count). The van der Waals surface area contributed by atoms with Crippen LogP contribution in [-0.4, -0.2) is 30.4 Å². The average Bonchev–Trinajstić information content (AvgIpc) is 2.74. The van der Waals surface area contributed by atoms with Crippen LogP contribution >= 0.6 is 0 Å². The Morgan fingerprint density at radius 2 is 1.52 bits per heavy atom. The van der Waals surface area contributed by atoms with Crippen LogP contribution in [0.3, 0.4) is 0 Å². The quantitative estimate of drug-likeness (QED) is 0.534. The molecule has 31 heavy (non-hydrogen) atoms. The van der Waals surface area contributed by atoms with E-state index >= 15 is 0 Å². The topological polar surface area (TPSA) is 106 Å². The van der Waals surface area contributed by atoms with Crippen molar-refractivity contribution >= 4 is 23.4 Å². The minimum absolute atomic E-state index is 0.0244. The molecule has 0 spiro atoms. The Bertz CT molecular complexity index is 892. The first-order valence-electron chi connectivity index (χ1n) is 10.1. The number of hydrogen-bond acceptors (Lipinski definition) is 5. The van der Waals surface area contributed by atoms with E-state index < -0.39 is 17.9 Å². The Balaban J connectivity index is 1.72. The van der Waals surface area contributed by atoms with E-state index in [1.807, 2.05) is 39.0 Å². The monoisotopic (exact) mass is 427 g/mol. The van der Waals surface area contributed by atoms with Crippen molar-refractivity contribution in [2.24, 2.45) is 0 Å². The zero-order chi connectivity index (χ0) is 22.8. The van der Waals surface area contributed by atoms with E-state index in [4.69, 9.17) is 9.47 Å². The second-order valence-electron chi connectivity index (χ2n) is 7.02. The molecule has 0 aliphatic carbocycles. The van der Waals surface area contributed by atoms with Crippen molar-refractivity contribution in [3.8, 4) is 11.5 Å². The van der Waals surface area contributed by atoms with Crippen molar-refractivity contribution in [2.75, 3.05) is 11.9 Å². The largest absolute Gasteiger partial charge is 0.494 e. The van der Waals surface area contributed by atoms with Gasteiger partial charge in [0.05, 0.1) is 6.61 Å². The molecule has 166 valence electrons. The Morgan fingerprint density at radius 3 is 2.13 bits per heavy atom. The van der Waals surface area contributed by atoms with Gasteiger partial charge in [0.2, 0.25) is 11.8 Å². The number of amides is 3. The maximum Gasteiger partial charge on any atom is 0.279 e. The molecule has 0 saturated carbocycles. The minimum Gasteiger partial charge on any atom is -0.494 e. The van der Waals surface area contributed by atoms with Crippen molar-refractivity contribution in [3.63, 3.8) is 0 Å². The summed E-state index contributed by atoms with van der Waals surface area (Å²) >= 11 is 0. The second kappa shape index (κ2) is 11.6. The maximum absolute atomic E-state index is 12.2. The zero-order valence-electron chi connectivity index (χ0n) is 18.3. The van der Waals surface area contributed by atoms with E-state index in [2.05, 4.69) is 16.2 Å². The van der Waals surface area contributed by atoms with Crippen molar-refractivity contribution < 1.29 is 23.9 Å². The van der Waals surface area contributed by atoms with Crippen LogP contribution in [0.25, 0.3) is 0 Å². The number of ether oxygens (including phenoxy) is 2. The zero-order valence-corrected chi connectivity index (χ0v) is 18.3. The van der Waals surface area contributed by atoms with Crippen LogP contribution in [0.4, 0.5) is 5.69 Å². The van der Waals surface area contributed by atoms with Gasteiger partial charge in [0.25, 0.3) is 5.91 Å². The maximum atomic E-state index is 12.2. The van der Waals surface area contributed by atoms with E-state index in [-0.39, 0.29) is 18.7 Å². The number of hydrogen-bond donors (Lipinski definition) is 3. The first-order valence-corrected chi connectivity index (χ1v) is 10.1. The van der Waals surface area contributed by atoms with Crippen molar-refractivity contribution in [2.45, 2.75) is 46.6 Å². The lowest BCUT2D eigenvalue weighted by Gasteiger charge is -2.18. The standard InChI is InChI=1S/C23H29N3O5/c1-5-30-19-11-9-18(10-12-19)24-20(27)13-14-21(28)25-26-23(29)17(4)31-22-15(2)7-6-8-16(22)3/h6-12,17H,5,13-14H2,1-4H3,(H,24,27)(H,25,28)(H,26,29). The summed E-state index contributed by atoms with van der Waals surface area (Å²) in [4.78, 5) is 36.1. The molecule has 0 aliphatic rings. The molecular formula is C23H29N3O5. The summed E-state index contributed by atoms with van der Waals surface area (Å²) in [6, 6.07) is 12.7. The molecule has 8 nitrogen and oxygen atoms in total. The number of anilines is 1. The Morgan fingerprint density at radius 1 is 0.903 bits per heavy atom. The lowest BCUT2D eigenvalue weighted by Crippen LogP contribution is -2.47. The van der Waals surface area contributed by atoms with Gasteiger partial charge in [-0.05, 0) is 63.1 Å². The third-order valence-corrected chi connectivity index (χ3v) is 4.43. The number of rotatable bonds is 9. The third kappa shape index (κ3) is 7.65. The molecule has 0 aliphatic heterocycles. The molecular weight excluding hydrogens is 398 g/mol. The van der Waals surface area contributed by atoms with Gasteiger partial charge in [-0.2, -0.15) is 0 Å². The summed E-state index contributed by atoms with van der Waals surface area (Å²) in [5.74, 6) is 0.0792. The Labute approximate surface area is 182 Å². The molecule has 0 aromatic heterocycles. The van der Waals surface area contributed by atoms with Crippen LogP contribution in [-0.2, 0) is 14.4 Å². The number of carbonyl (C=O) groups is 3. The van der Waals surface area contributed by atoms with Crippen LogP contribution < -0.4 is 25.6 Å². The van der Waals surface area contributed by atoms with Gasteiger partial charge in [-0.3, -0.25) is 25.2 Å². The second-order valence-corrected chi connectivity index (χ2v) is 7.02. The molecule has 0 fully saturated rings. The molecule has 2 aromatic carbocycles. The summed E-state index contributed by atoms with van der Waals surface area (Å²) in [5, 5.41) is 2.71. The van der Waals surface area contributed by atoms with Gasteiger partial charge in [-0.15, -0.1) is 0 Å². The summed E-state index contributed by atoms with van der Waals surface area (Å²) in [7, 11) is 0. The van der Waals surface area contributed by atoms with Crippen LogP contribution in [0.5, 0.6) is 11.5 Å². The molecule has 8 heteroatoms. The van der Waals surface area contributed by atoms with Crippen molar-refractivity contribution in [1.29, 1.82) is 0 Å². The highest BCUT2D eigenvalue weighted by atomic mass is 16.5. The van der Waals surface area contributed by atoms with Gasteiger partial charge in [0.15, 0.2) is 6.10 Å². The van der Waals surface area contributed by atoms with Gasteiger partial charge < -0.3 is 14.8 Å². The van der Waals surface area contributed by atoms with E-state index in [0.29, 0.717) is 23.8 Å². The summed E-state index contributed by atoms with van der Waals surface area (Å²) in [5.41, 5.74) is 7.08. The SMILES string of the molecule is CCOc1ccc(NC(=O)CCC(=O)NNC(=O)C(C)Oc2c(C)cccc2C)cc1. The molecule has 0 saturated heterocycles. The number of para-hydroxylation sites is 1. The predicted octanol–water partition coefficient (Wildman–Crippen LogP) is 3.04. The smallest absolute Gasteiger partial charge is 0.279 e. The molecule has 3 amide bonds. The lowest BCUT2D eigenvalue weighted by atomic mass is 10.1. The van der Waals surface area contributed by atoms with Crippen LogP contribution in [0.1, 0.15) is 37.8 Å². The first-order chi connectivity index (χ1) is 14.8. The fourth-order valence-electron chi connectivity index (χ4n) is 2.76. The number of nitrogens with one attached hydrogen (secondary N) is 3. The molecule has 3 N–H and O–H groups in total. The van der Waals surface area contributed by atoms with Crippen LogP contribution in [0.15, 0.2) is 42.5 Å². The van der Waals surface area contributed by atoms with Gasteiger partial charge >= 0.3 is 0 Å². The Kier molecular flexibility index (Phi) is 8.87. The van der Waals surface area contributed by atoms with E-state index in [0.717, 1.165) is 11.1 Å². The first kappa shape index (κ1) is 23.7. The average molecular weight is 428 g/mol. The van der Waals surface area contributed by atoms with E-state index in [1.165, 1.54) is 0 Å². The molecule has 0 bridgehead atoms. The van der Waals surface area contributed by atoms with Gasteiger partial charge in [0, 0.05) is 18.5 Å². The normalized spacial score (nSPS) is 11.2. The summed E-state index contributed by atoms with van der Waals surface area (Å²) in [6.45, 7) is 7.84. The number of aryl methyl sites for hydroxylation is 2. The predicted molar refractivity (Wildman–Crippen MR) is 118 cm³/mol. The highest BCUT2D eigenvalue weighted by Gasteiger charge is 2.17. The van der Waals surface area contributed by atoms with Crippen molar-refractivity contribution in [1.82, 2.24) is 10.9 Å². The molecule has 1 atom stereocenters. The highest BCUT2D eigenvalue weighted by Crippen LogP contribution is 2.23. The molecule has 0 heterocycles. The number of benzene rings is 2. The number of carbonyl (C=O) groups excluding carboxylic acids is 3. The fraction of sp³-hybridized carbons (Fsp3) is 0.348. The minimum atomic E-state index is -0.803.